The van der Waals surface area contributed by atoms with Crippen molar-refractivity contribution in [1.29, 1.82) is 0 Å². The summed E-state index contributed by atoms with van der Waals surface area (Å²) in [5.41, 5.74) is 0.622. The van der Waals surface area contributed by atoms with Gasteiger partial charge >= 0.3 is 0 Å². The fourth-order valence-electron chi connectivity index (χ4n) is 2.45. The maximum absolute atomic E-state index is 3.24. The van der Waals surface area contributed by atoms with Gasteiger partial charge in [0.1, 0.15) is 0 Å². The van der Waals surface area contributed by atoms with E-state index in [1.807, 2.05) is 7.05 Å². The Morgan fingerprint density at radius 1 is 1.42 bits per heavy atom. The molecule has 1 atom stereocenters. The Kier molecular flexibility index (Phi) is 3.57. The molecule has 1 nitrogen and oxygen atoms in total. The molecule has 1 fully saturated rings. The fraction of sp³-hybridized carbons (Fsp3) is 1.00. The minimum absolute atomic E-state index is 0.622. The van der Waals surface area contributed by atoms with E-state index in [4.69, 9.17) is 0 Å². The molecule has 72 valence electrons. The first kappa shape index (κ1) is 10.0. The molecule has 1 aliphatic rings. The lowest BCUT2D eigenvalue weighted by molar-refractivity contribution is 0.173. The molecule has 0 aromatic carbocycles. The summed E-state index contributed by atoms with van der Waals surface area (Å²) >= 11 is 0. The van der Waals surface area contributed by atoms with Crippen molar-refractivity contribution in [3.05, 3.63) is 0 Å². The predicted molar refractivity (Wildman–Crippen MR) is 54.3 cm³/mol. The van der Waals surface area contributed by atoms with Gasteiger partial charge in [-0.15, -0.1) is 0 Å². The third-order valence-corrected chi connectivity index (χ3v) is 3.11. The van der Waals surface area contributed by atoms with Crippen molar-refractivity contribution in [3.63, 3.8) is 0 Å². The van der Waals surface area contributed by atoms with E-state index in [1.165, 1.54) is 38.6 Å². The van der Waals surface area contributed by atoms with E-state index in [1.54, 1.807) is 0 Å². The standard InChI is InChI=1S/C11H23N/c1-11(2)7-4-5-10(9-11)6-8-12-3/h10,12H,4-9H2,1-3H3/t10-/m0/s1. The monoisotopic (exact) mass is 169 g/mol. The molecule has 0 radical (unpaired) electrons. The summed E-state index contributed by atoms with van der Waals surface area (Å²) < 4.78 is 0. The maximum Gasteiger partial charge on any atom is -0.00493 e. The van der Waals surface area contributed by atoms with E-state index < -0.39 is 0 Å². The second kappa shape index (κ2) is 4.27. The Morgan fingerprint density at radius 2 is 2.17 bits per heavy atom. The summed E-state index contributed by atoms with van der Waals surface area (Å²) in [6.45, 7) is 6.03. The zero-order valence-corrected chi connectivity index (χ0v) is 8.82. The Morgan fingerprint density at radius 3 is 2.75 bits per heavy atom. The topological polar surface area (TPSA) is 12.0 Å². The van der Waals surface area contributed by atoms with Gasteiger partial charge in [-0.05, 0) is 44.2 Å². The Balaban J connectivity index is 2.26. The van der Waals surface area contributed by atoms with E-state index >= 15 is 0 Å². The van der Waals surface area contributed by atoms with Gasteiger partial charge in [0.15, 0.2) is 0 Å². The largest absolute Gasteiger partial charge is 0.320 e. The van der Waals surface area contributed by atoms with Crippen molar-refractivity contribution in [2.45, 2.75) is 46.0 Å². The molecule has 0 amide bonds. The van der Waals surface area contributed by atoms with Crippen LogP contribution in [0.4, 0.5) is 0 Å². The summed E-state index contributed by atoms with van der Waals surface area (Å²) in [5.74, 6) is 0.987. The molecule has 1 N–H and O–H groups in total. The lowest BCUT2D eigenvalue weighted by Crippen LogP contribution is -2.24. The Hall–Kier alpha value is -0.0400. The van der Waals surface area contributed by atoms with E-state index in [2.05, 4.69) is 19.2 Å². The van der Waals surface area contributed by atoms with Crippen molar-refractivity contribution >= 4 is 0 Å². The maximum atomic E-state index is 3.24. The van der Waals surface area contributed by atoms with Gasteiger partial charge in [0.05, 0.1) is 0 Å². The van der Waals surface area contributed by atoms with Crippen LogP contribution in [0, 0.1) is 11.3 Å². The van der Waals surface area contributed by atoms with Crippen molar-refractivity contribution in [2.75, 3.05) is 13.6 Å². The number of nitrogens with one attached hydrogen (secondary N) is 1. The second-order valence-corrected chi connectivity index (χ2v) is 5.02. The van der Waals surface area contributed by atoms with Crippen LogP contribution < -0.4 is 5.32 Å². The summed E-state index contributed by atoms with van der Waals surface area (Å²) in [4.78, 5) is 0. The first-order valence-corrected chi connectivity index (χ1v) is 5.29. The molecular weight excluding hydrogens is 146 g/mol. The summed E-state index contributed by atoms with van der Waals surface area (Å²) in [6.07, 6.45) is 7.16. The molecule has 0 aromatic heterocycles. The number of hydrogen-bond acceptors (Lipinski definition) is 1. The normalized spacial score (nSPS) is 28.8. The van der Waals surface area contributed by atoms with E-state index in [9.17, 15) is 0 Å². The van der Waals surface area contributed by atoms with Gasteiger partial charge in [-0.25, -0.2) is 0 Å². The molecule has 0 heterocycles. The Bertz CT molecular complexity index is 129. The molecule has 0 aliphatic heterocycles. The van der Waals surface area contributed by atoms with Gasteiger partial charge in [0.25, 0.3) is 0 Å². The summed E-state index contributed by atoms with van der Waals surface area (Å²) in [6, 6.07) is 0. The molecule has 1 heteroatoms. The molecule has 1 saturated carbocycles. The quantitative estimate of drug-likeness (QED) is 0.685. The van der Waals surface area contributed by atoms with Gasteiger partial charge in [-0.2, -0.15) is 0 Å². The summed E-state index contributed by atoms with van der Waals surface area (Å²) in [5, 5.41) is 3.24. The highest BCUT2D eigenvalue weighted by molar-refractivity contribution is 4.79. The van der Waals surface area contributed by atoms with Crippen LogP contribution in [-0.4, -0.2) is 13.6 Å². The predicted octanol–water partition coefficient (Wildman–Crippen LogP) is 2.81. The van der Waals surface area contributed by atoms with E-state index in [-0.39, 0.29) is 0 Å². The van der Waals surface area contributed by atoms with Crippen LogP contribution in [0.5, 0.6) is 0 Å². The molecule has 0 unspecified atom stereocenters. The zero-order chi connectivity index (χ0) is 9.03. The van der Waals surface area contributed by atoms with E-state index in [0.29, 0.717) is 5.41 Å². The van der Waals surface area contributed by atoms with Gasteiger partial charge in [-0.1, -0.05) is 26.7 Å². The average molecular weight is 169 g/mol. The summed E-state index contributed by atoms with van der Waals surface area (Å²) in [7, 11) is 2.05. The third kappa shape index (κ3) is 3.14. The molecule has 0 aromatic rings. The molecule has 0 saturated heterocycles. The van der Waals surface area contributed by atoms with Crippen molar-refractivity contribution in [3.8, 4) is 0 Å². The lowest BCUT2D eigenvalue weighted by atomic mass is 9.71. The van der Waals surface area contributed by atoms with Crippen LogP contribution in [0.15, 0.2) is 0 Å². The molecule has 1 rings (SSSR count). The van der Waals surface area contributed by atoms with Crippen molar-refractivity contribution in [2.24, 2.45) is 11.3 Å². The first-order chi connectivity index (χ1) is 5.64. The van der Waals surface area contributed by atoms with Crippen molar-refractivity contribution in [1.82, 2.24) is 5.32 Å². The smallest absolute Gasteiger partial charge is 0.00493 e. The first-order valence-electron chi connectivity index (χ1n) is 5.29. The number of hydrogen-bond donors (Lipinski definition) is 1. The SMILES string of the molecule is CNCC[C@@H]1CCCC(C)(C)C1. The second-order valence-electron chi connectivity index (χ2n) is 5.02. The fourth-order valence-corrected chi connectivity index (χ4v) is 2.45. The molecule has 12 heavy (non-hydrogen) atoms. The van der Waals surface area contributed by atoms with E-state index in [0.717, 1.165) is 5.92 Å². The highest BCUT2D eigenvalue weighted by atomic mass is 14.8. The van der Waals surface area contributed by atoms with Gasteiger partial charge in [0.2, 0.25) is 0 Å². The van der Waals surface area contributed by atoms with Crippen LogP contribution in [-0.2, 0) is 0 Å². The zero-order valence-electron chi connectivity index (χ0n) is 8.82. The van der Waals surface area contributed by atoms with Crippen LogP contribution in [0.3, 0.4) is 0 Å². The Labute approximate surface area is 76.9 Å². The van der Waals surface area contributed by atoms with Crippen LogP contribution >= 0.6 is 0 Å². The molecular formula is C11H23N. The van der Waals surface area contributed by atoms with Gasteiger partial charge < -0.3 is 5.32 Å². The van der Waals surface area contributed by atoms with Crippen LogP contribution in [0.25, 0.3) is 0 Å². The average Bonchev–Trinajstić information content (AvgIpc) is 1.99. The highest BCUT2D eigenvalue weighted by Crippen LogP contribution is 2.39. The minimum Gasteiger partial charge on any atom is -0.320 e. The minimum atomic E-state index is 0.622. The third-order valence-electron chi connectivity index (χ3n) is 3.11. The van der Waals surface area contributed by atoms with Gasteiger partial charge in [0, 0.05) is 0 Å². The van der Waals surface area contributed by atoms with Crippen molar-refractivity contribution < 1.29 is 0 Å². The lowest BCUT2D eigenvalue weighted by Gasteiger charge is -2.35. The molecule has 1 aliphatic carbocycles. The molecule has 0 spiro atoms. The van der Waals surface area contributed by atoms with Crippen LogP contribution in [0.2, 0.25) is 0 Å². The molecule has 0 bridgehead atoms. The van der Waals surface area contributed by atoms with Crippen LogP contribution in [0.1, 0.15) is 46.0 Å². The highest BCUT2D eigenvalue weighted by Gasteiger charge is 2.27. The van der Waals surface area contributed by atoms with Gasteiger partial charge in [-0.3, -0.25) is 0 Å². The number of rotatable bonds is 3.